The number of hydrogen-bond donors (Lipinski definition) is 1. The Hall–Kier alpha value is -3.28. The largest absolute Gasteiger partial charge is 0.493 e. The SMILES string of the molecule is C/C(=C\C=C(/C)OCc1ccc(C(C)(C)F)nc1)NCc1ccc(C)cc1F.C=C.CC(C)=O.CCC(CC)(CC)CC. The number of carbonyl (C=O) groups excluding carboxylic acids is 1. The molecule has 1 heterocycles. The van der Waals surface area contributed by atoms with Crippen molar-refractivity contribution in [1.82, 2.24) is 10.3 Å². The smallest absolute Gasteiger partial charge is 0.147 e. The molecular weight excluding hydrogens is 542 g/mol. The Morgan fingerprint density at radius 2 is 1.49 bits per heavy atom. The van der Waals surface area contributed by atoms with Crippen LogP contribution in [-0.4, -0.2) is 10.8 Å². The maximum Gasteiger partial charge on any atom is 0.147 e. The standard InChI is InChI=1S/C23H28F2N2O.C9H20.C3H6O.C2H4/c1-16-6-10-20(21(24)12-16)14-26-17(2)7-8-18(3)28-15-19-9-11-22(27-13-19)23(4,5)25;1-5-9(6-2,7-3)8-4;1-3(2)4;1-2/h6-13,26H,14-15H2,1-5H3;5-8H2,1-4H3;1-2H3;1-2H2/b17-7+,18-8+;;;. The van der Waals surface area contributed by atoms with Crippen LogP contribution < -0.4 is 5.32 Å². The summed E-state index contributed by atoms with van der Waals surface area (Å²) in [5, 5.41) is 3.18. The first-order valence-corrected chi connectivity index (χ1v) is 15.2. The number of benzene rings is 1. The predicted molar refractivity (Wildman–Crippen MR) is 180 cm³/mol. The van der Waals surface area contributed by atoms with Gasteiger partial charge in [-0.1, -0.05) is 71.6 Å². The molecule has 0 saturated carbocycles. The fourth-order valence-electron chi connectivity index (χ4n) is 3.94. The summed E-state index contributed by atoms with van der Waals surface area (Å²) >= 11 is 0. The van der Waals surface area contributed by atoms with Crippen LogP contribution in [0.5, 0.6) is 0 Å². The normalized spacial score (nSPS) is 11.6. The van der Waals surface area contributed by atoms with Crippen LogP contribution in [-0.2, 0) is 28.4 Å². The van der Waals surface area contributed by atoms with E-state index >= 15 is 0 Å². The molecule has 0 saturated heterocycles. The first-order valence-electron chi connectivity index (χ1n) is 15.2. The van der Waals surface area contributed by atoms with E-state index in [4.69, 9.17) is 4.74 Å². The third-order valence-electron chi connectivity index (χ3n) is 7.23. The lowest BCUT2D eigenvalue weighted by Gasteiger charge is -2.28. The number of hydrogen-bond acceptors (Lipinski definition) is 4. The van der Waals surface area contributed by atoms with Gasteiger partial charge in [-0.05, 0) is 83.7 Å². The van der Waals surface area contributed by atoms with Gasteiger partial charge in [-0.3, -0.25) is 4.98 Å². The number of ketones is 1. The first-order chi connectivity index (χ1) is 20.1. The number of ether oxygens (including phenoxy) is 1. The molecule has 242 valence electrons. The minimum atomic E-state index is -1.45. The molecule has 2 aromatic rings. The molecule has 0 fully saturated rings. The quantitative estimate of drug-likeness (QED) is 0.150. The lowest BCUT2D eigenvalue weighted by molar-refractivity contribution is -0.115. The highest BCUT2D eigenvalue weighted by Crippen LogP contribution is 2.33. The van der Waals surface area contributed by atoms with Crippen molar-refractivity contribution in [3.05, 3.63) is 101 Å². The van der Waals surface area contributed by atoms with Crippen LogP contribution in [0.1, 0.15) is 117 Å². The van der Waals surface area contributed by atoms with Crippen LogP contribution >= 0.6 is 0 Å². The van der Waals surface area contributed by atoms with Crippen molar-refractivity contribution in [3.8, 4) is 0 Å². The molecule has 0 aliphatic carbocycles. The summed E-state index contributed by atoms with van der Waals surface area (Å²) in [5.41, 5.74) is 2.92. The van der Waals surface area contributed by atoms with Gasteiger partial charge in [0.2, 0.25) is 0 Å². The Morgan fingerprint density at radius 3 is 1.88 bits per heavy atom. The van der Waals surface area contributed by atoms with Crippen LogP contribution in [0.2, 0.25) is 0 Å². The highest BCUT2D eigenvalue weighted by atomic mass is 19.1. The Morgan fingerprint density at radius 1 is 0.953 bits per heavy atom. The van der Waals surface area contributed by atoms with Crippen LogP contribution in [0.15, 0.2) is 73.3 Å². The van der Waals surface area contributed by atoms with Gasteiger partial charge < -0.3 is 14.8 Å². The van der Waals surface area contributed by atoms with Crippen molar-refractivity contribution in [1.29, 1.82) is 0 Å². The van der Waals surface area contributed by atoms with E-state index in [0.717, 1.165) is 22.6 Å². The van der Waals surface area contributed by atoms with Gasteiger partial charge in [-0.15, -0.1) is 13.2 Å². The van der Waals surface area contributed by atoms with Crippen molar-refractivity contribution < 1.29 is 18.3 Å². The number of nitrogens with one attached hydrogen (secondary N) is 1. The first kappa shape index (κ1) is 41.9. The topological polar surface area (TPSA) is 51.2 Å². The predicted octanol–water partition coefficient (Wildman–Crippen LogP) is 10.9. The molecule has 1 N–H and O–H groups in total. The van der Waals surface area contributed by atoms with Crippen molar-refractivity contribution in [3.63, 3.8) is 0 Å². The molecular formula is C37H58F2N2O2. The van der Waals surface area contributed by atoms with E-state index in [1.54, 1.807) is 18.3 Å². The van der Waals surface area contributed by atoms with E-state index in [2.05, 4.69) is 51.2 Å². The second-order valence-corrected chi connectivity index (χ2v) is 11.2. The lowest BCUT2D eigenvalue weighted by atomic mass is 9.78. The van der Waals surface area contributed by atoms with E-state index in [0.29, 0.717) is 29.8 Å². The highest BCUT2D eigenvalue weighted by Gasteiger charge is 2.20. The summed E-state index contributed by atoms with van der Waals surface area (Å²) in [6, 6.07) is 8.71. The number of rotatable bonds is 12. The summed E-state index contributed by atoms with van der Waals surface area (Å²) in [6.07, 6.45) is 10.7. The van der Waals surface area contributed by atoms with Crippen LogP contribution in [0.3, 0.4) is 0 Å². The van der Waals surface area contributed by atoms with Gasteiger partial charge in [0.1, 0.15) is 23.9 Å². The zero-order valence-corrected chi connectivity index (χ0v) is 28.8. The van der Waals surface area contributed by atoms with E-state index in [-0.39, 0.29) is 11.6 Å². The van der Waals surface area contributed by atoms with Crippen molar-refractivity contribution in [2.45, 2.75) is 121 Å². The summed E-state index contributed by atoms with van der Waals surface area (Å²) in [6.45, 7) is 27.6. The highest BCUT2D eigenvalue weighted by molar-refractivity contribution is 5.72. The summed E-state index contributed by atoms with van der Waals surface area (Å²) in [4.78, 5) is 13.6. The third-order valence-corrected chi connectivity index (χ3v) is 7.23. The average Bonchev–Trinajstić information content (AvgIpc) is 2.97. The van der Waals surface area contributed by atoms with Gasteiger partial charge in [0.15, 0.2) is 0 Å². The fourth-order valence-corrected chi connectivity index (χ4v) is 3.94. The summed E-state index contributed by atoms with van der Waals surface area (Å²) < 4.78 is 33.4. The van der Waals surface area contributed by atoms with Crippen LogP contribution in [0.4, 0.5) is 8.78 Å². The van der Waals surface area contributed by atoms with Crippen LogP contribution in [0.25, 0.3) is 0 Å². The molecule has 2 rings (SSSR count). The number of allylic oxidation sites excluding steroid dienone is 4. The van der Waals surface area contributed by atoms with Crippen molar-refractivity contribution in [2.24, 2.45) is 5.41 Å². The molecule has 1 aromatic carbocycles. The monoisotopic (exact) mass is 600 g/mol. The fraction of sp³-hybridized carbons (Fsp3) is 0.514. The molecule has 0 bridgehead atoms. The van der Waals surface area contributed by atoms with Crippen molar-refractivity contribution in [2.75, 3.05) is 0 Å². The second-order valence-electron chi connectivity index (χ2n) is 11.2. The van der Waals surface area contributed by atoms with Gasteiger partial charge >= 0.3 is 0 Å². The number of Topliss-reactive ketones (excluding diaryl/α,β-unsaturated/α-hetero) is 1. The van der Waals surface area contributed by atoms with Gasteiger partial charge in [0.25, 0.3) is 0 Å². The molecule has 0 aliphatic heterocycles. The Bertz CT molecular complexity index is 1090. The number of aryl methyl sites for hydroxylation is 1. The van der Waals surface area contributed by atoms with E-state index in [9.17, 15) is 13.6 Å². The maximum atomic E-state index is 13.8. The van der Waals surface area contributed by atoms with E-state index in [1.807, 2.05) is 45.1 Å². The van der Waals surface area contributed by atoms with E-state index < -0.39 is 5.67 Å². The maximum absolute atomic E-state index is 13.8. The van der Waals surface area contributed by atoms with E-state index in [1.165, 1.54) is 59.4 Å². The number of aromatic nitrogens is 1. The third kappa shape index (κ3) is 18.8. The molecule has 0 aliphatic rings. The molecule has 0 atom stereocenters. The number of halogens is 2. The number of pyridine rings is 1. The van der Waals surface area contributed by atoms with Crippen LogP contribution in [0, 0.1) is 18.2 Å². The summed E-state index contributed by atoms with van der Waals surface area (Å²) in [7, 11) is 0. The Balaban J connectivity index is 0. The molecule has 6 heteroatoms. The zero-order chi connectivity index (χ0) is 33.6. The Labute approximate surface area is 261 Å². The molecule has 0 amide bonds. The molecule has 0 unspecified atom stereocenters. The van der Waals surface area contributed by atoms with Gasteiger partial charge in [0.05, 0.1) is 11.5 Å². The van der Waals surface area contributed by atoms with Gasteiger partial charge in [-0.2, -0.15) is 0 Å². The number of carbonyl (C=O) groups is 1. The minimum absolute atomic E-state index is 0.167. The minimum Gasteiger partial charge on any atom is -0.493 e. The average molecular weight is 601 g/mol. The molecule has 1 aromatic heterocycles. The number of nitrogens with zero attached hydrogens (tertiary/aromatic N) is 1. The van der Waals surface area contributed by atoms with Gasteiger partial charge in [0, 0.05) is 29.6 Å². The molecule has 4 nitrogen and oxygen atoms in total. The second kappa shape index (κ2) is 22.3. The number of alkyl halides is 1. The molecule has 0 spiro atoms. The van der Waals surface area contributed by atoms with Gasteiger partial charge in [-0.25, -0.2) is 8.78 Å². The molecule has 43 heavy (non-hydrogen) atoms. The summed E-state index contributed by atoms with van der Waals surface area (Å²) in [5.74, 6) is 0.698. The molecule has 0 radical (unpaired) electrons. The zero-order valence-electron chi connectivity index (χ0n) is 28.8. The Kier molecular flexibility index (Phi) is 21.7. The lowest BCUT2D eigenvalue weighted by Crippen LogP contribution is -2.15. The van der Waals surface area contributed by atoms with Crippen molar-refractivity contribution >= 4 is 5.78 Å².